The van der Waals surface area contributed by atoms with E-state index < -0.39 is 12.1 Å². The largest absolute Gasteiger partial charge is 0.353 e. The molecule has 6 nitrogen and oxygen atoms in total. The molecule has 0 radical (unpaired) electrons. The predicted molar refractivity (Wildman–Crippen MR) is 148 cm³/mol. The maximum absolute atomic E-state index is 13.1. The van der Waals surface area contributed by atoms with Crippen LogP contribution in [0.25, 0.3) is 11.1 Å². The van der Waals surface area contributed by atoms with Gasteiger partial charge in [-0.25, -0.2) is 4.79 Å². The first-order valence-corrected chi connectivity index (χ1v) is 12.6. The van der Waals surface area contributed by atoms with Crippen LogP contribution in [-0.4, -0.2) is 48.1 Å². The van der Waals surface area contributed by atoms with Gasteiger partial charge < -0.3 is 16.0 Å². The second kappa shape index (κ2) is 13.4. The molecular weight excluding hydrogens is 448 g/mol. The minimum atomic E-state index is -0.692. The Kier molecular flexibility index (Phi) is 10.1. The summed E-state index contributed by atoms with van der Waals surface area (Å²) in [5.74, 6) is -0.194. The summed E-state index contributed by atoms with van der Waals surface area (Å²) >= 11 is 0. The second-order valence-electron chi connectivity index (χ2n) is 9.50. The fourth-order valence-corrected chi connectivity index (χ4v) is 4.31. The van der Waals surface area contributed by atoms with Gasteiger partial charge in [0.15, 0.2) is 0 Å². The van der Waals surface area contributed by atoms with E-state index in [1.165, 1.54) is 0 Å². The number of anilines is 1. The Hall–Kier alpha value is -3.64. The van der Waals surface area contributed by atoms with Crippen molar-refractivity contribution in [2.45, 2.75) is 52.2 Å². The van der Waals surface area contributed by atoms with Gasteiger partial charge in [-0.1, -0.05) is 72.8 Å². The predicted octanol–water partition coefficient (Wildman–Crippen LogP) is 5.32. The van der Waals surface area contributed by atoms with E-state index in [1.807, 2.05) is 84.9 Å². The molecule has 190 valence electrons. The van der Waals surface area contributed by atoms with Gasteiger partial charge in [-0.05, 0) is 56.5 Å². The van der Waals surface area contributed by atoms with E-state index >= 15 is 0 Å². The molecule has 0 aliphatic carbocycles. The number of nitrogens with one attached hydrogen (secondary N) is 3. The number of carbonyl (C=O) groups is 2. The number of amides is 3. The van der Waals surface area contributed by atoms with Crippen molar-refractivity contribution in [3.8, 4) is 11.1 Å². The Morgan fingerprint density at radius 2 is 1.31 bits per heavy atom. The van der Waals surface area contributed by atoms with E-state index in [0.29, 0.717) is 30.7 Å². The summed E-state index contributed by atoms with van der Waals surface area (Å²) in [7, 11) is 0. The molecule has 3 amide bonds. The van der Waals surface area contributed by atoms with Gasteiger partial charge in [-0.3, -0.25) is 9.69 Å². The summed E-state index contributed by atoms with van der Waals surface area (Å²) in [6, 6.07) is 27.1. The van der Waals surface area contributed by atoms with Gasteiger partial charge in [-0.15, -0.1) is 0 Å². The molecular formula is C30H38N4O2. The zero-order valence-electron chi connectivity index (χ0n) is 21.7. The quantitative estimate of drug-likeness (QED) is 0.343. The summed E-state index contributed by atoms with van der Waals surface area (Å²) in [5, 5.41) is 8.74. The Balaban J connectivity index is 1.62. The molecule has 0 fully saturated rings. The van der Waals surface area contributed by atoms with E-state index in [0.717, 1.165) is 23.2 Å². The minimum Gasteiger partial charge on any atom is -0.353 e. The molecule has 3 rings (SSSR count). The highest BCUT2D eigenvalue weighted by Crippen LogP contribution is 2.21. The van der Waals surface area contributed by atoms with Crippen LogP contribution in [0.5, 0.6) is 0 Å². The molecule has 36 heavy (non-hydrogen) atoms. The van der Waals surface area contributed by atoms with E-state index in [-0.39, 0.29) is 5.91 Å². The Morgan fingerprint density at radius 1 is 0.750 bits per heavy atom. The molecule has 0 aliphatic rings. The van der Waals surface area contributed by atoms with Gasteiger partial charge in [0.25, 0.3) is 0 Å². The highest BCUT2D eigenvalue weighted by Gasteiger charge is 2.22. The first-order valence-electron chi connectivity index (χ1n) is 12.6. The number of hydrogen-bond donors (Lipinski definition) is 3. The molecule has 0 spiro atoms. The van der Waals surface area contributed by atoms with Crippen LogP contribution < -0.4 is 16.0 Å². The third kappa shape index (κ3) is 8.24. The van der Waals surface area contributed by atoms with Gasteiger partial charge >= 0.3 is 6.03 Å². The van der Waals surface area contributed by atoms with Crippen molar-refractivity contribution in [2.24, 2.45) is 0 Å². The monoisotopic (exact) mass is 486 g/mol. The first-order chi connectivity index (χ1) is 17.3. The molecule has 0 aromatic heterocycles. The number of urea groups is 1. The van der Waals surface area contributed by atoms with Crippen molar-refractivity contribution in [1.29, 1.82) is 0 Å². The van der Waals surface area contributed by atoms with Crippen LogP contribution in [0.2, 0.25) is 0 Å². The molecule has 0 aliphatic heterocycles. The second-order valence-corrected chi connectivity index (χ2v) is 9.50. The lowest BCUT2D eigenvalue weighted by molar-refractivity contribution is -0.123. The summed E-state index contributed by atoms with van der Waals surface area (Å²) in [6.07, 6.45) is 0.408. The van der Waals surface area contributed by atoms with Gasteiger partial charge in [0, 0.05) is 37.3 Å². The van der Waals surface area contributed by atoms with Gasteiger partial charge in [0.1, 0.15) is 6.04 Å². The zero-order chi connectivity index (χ0) is 25.9. The molecule has 1 atom stereocenters. The van der Waals surface area contributed by atoms with Crippen LogP contribution >= 0.6 is 0 Å². The van der Waals surface area contributed by atoms with Crippen molar-refractivity contribution in [3.05, 3.63) is 90.5 Å². The van der Waals surface area contributed by atoms with E-state index in [2.05, 4.69) is 48.5 Å². The number of hydrogen-bond acceptors (Lipinski definition) is 3. The number of nitrogens with zero attached hydrogens (tertiary/aromatic N) is 1. The number of rotatable bonds is 11. The topological polar surface area (TPSA) is 73.5 Å². The Bertz CT molecular complexity index is 1070. The highest BCUT2D eigenvalue weighted by atomic mass is 16.2. The lowest BCUT2D eigenvalue weighted by Crippen LogP contribution is -2.51. The molecule has 0 saturated heterocycles. The SMILES string of the molecule is CC(C)N(CCNC(=O)[C@H](Cc1ccccc1)NC(=O)Nc1ccc(-c2ccccc2)cc1)C(C)C. The molecule has 0 unspecified atom stereocenters. The average molecular weight is 487 g/mol. The van der Waals surface area contributed by atoms with Crippen molar-refractivity contribution < 1.29 is 9.59 Å². The Morgan fingerprint density at radius 3 is 1.89 bits per heavy atom. The third-order valence-electron chi connectivity index (χ3n) is 6.15. The number of benzene rings is 3. The smallest absolute Gasteiger partial charge is 0.319 e. The standard InChI is InChI=1S/C30H38N4O2/c1-22(2)34(23(3)4)20-19-31-29(35)28(21-24-11-7-5-8-12-24)33-30(36)32-27-17-15-26(16-18-27)25-13-9-6-10-14-25/h5-18,22-23,28H,19-21H2,1-4H3,(H,31,35)(H2,32,33,36)/t28-/m0/s1. The van der Waals surface area contributed by atoms with Gasteiger partial charge in [-0.2, -0.15) is 0 Å². The van der Waals surface area contributed by atoms with Crippen molar-refractivity contribution in [2.75, 3.05) is 18.4 Å². The molecule has 3 aromatic rings. The first kappa shape index (κ1) is 27.0. The lowest BCUT2D eigenvalue weighted by Gasteiger charge is -2.30. The lowest BCUT2D eigenvalue weighted by atomic mass is 10.1. The number of carbonyl (C=O) groups excluding carboxylic acids is 2. The minimum absolute atomic E-state index is 0.194. The molecule has 0 saturated carbocycles. The van der Waals surface area contributed by atoms with Crippen LogP contribution in [0.1, 0.15) is 33.3 Å². The van der Waals surface area contributed by atoms with E-state index in [9.17, 15) is 9.59 Å². The molecule has 6 heteroatoms. The summed E-state index contributed by atoms with van der Waals surface area (Å²) in [6.45, 7) is 9.87. The van der Waals surface area contributed by atoms with Crippen molar-refractivity contribution in [3.63, 3.8) is 0 Å². The van der Waals surface area contributed by atoms with Gasteiger partial charge in [0.2, 0.25) is 5.91 Å². The van der Waals surface area contributed by atoms with Crippen LogP contribution in [0.15, 0.2) is 84.9 Å². The van der Waals surface area contributed by atoms with Crippen LogP contribution in [0.4, 0.5) is 10.5 Å². The zero-order valence-corrected chi connectivity index (χ0v) is 21.7. The van der Waals surface area contributed by atoms with E-state index in [1.54, 1.807) is 0 Å². The fourth-order valence-electron chi connectivity index (χ4n) is 4.31. The van der Waals surface area contributed by atoms with Crippen molar-refractivity contribution >= 4 is 17.6 Å². The summed E-state index contributed by atoms with van der Waals surface area (Å²) in [4.78, 5) is 28.2. The maximum Gasteiger partial charge on any atom is 0.319 e. The molecule has 0 heterocycles. The Labute approximate surface area is 215 Å². The molecule has 0 bridgehead atoms. The molecule has 3 aromatic carbocycles. The molecule has 3 N–H and O–H groups in total. The van der Waals surface area contributed by atoms with Crippen LogP contribution in [0, 0.1) is 0 Å². The summed E-state index contributed by atoms with van der Waals surface area (Å²) < 4.78 is 0. The van der Waals surface area contributed by atoms with Crippen LogP contribution in [0.3, 0.4) is 0 Å². The van der Waals surface area contributed by atoms with E-state index in [4.69, 9.17) is 0 Å². The van der Waals surface area contributed by atoms with Crippen molar-refractivity contribution in [1.82, 2.24) is 15.5 Å². The third-order valence-corrected chi connectivity index (χ3v) is 6.15. The van der Waals surface area contributed by atoms with Crippen LogP contribution in [-0.2, 0) is 11.2 Å². The van der Waals surface area contributed by atoms with Gasteiger partial charge in [0.05, 0.1) is 0 Å². The normalized spacial score (nSPS) is 12.0. The maximum atomic E-state index is 13.1. The average Bonchev–Trinajstić information content (AvgIpc) is 2.87. The fraction of sp³-hybridized carbons (Fsp3) is 0.333. The summed E-state index contributed by atoms with van der Waals surface area (Å²) in [5.41, 5.74) is 3.83. The highest BCUT2D eigenvalue weighted by molar-refractivity contribution is 5.94.